The molecule has 0 fully saturated rings. The number of fused-ring (bicyclic) bond motifs is 1. The van der Waals surface area contributed by atoms with E-state index in [-0.39, 0.29) is 25.6 Å². The van der Waals surface area contributed by atoms with Gasteiger partial charge < -0.3 is 15.3 Å². The molecule has 2 aromatic carbocycles. The summed E-state index contributed by atoms with van der Waals surface area (Å²) in [6.45, 7) is 0.220. The summed E-state index contributed by atoms with van der Waals surface area (Å²) in [6, 6.07) is 15.9. The zero-order valence-electron chi connectivity index (χ0n) is 17.1. The summed E-state index contributed by atoms with van der Waals surface area (Å²) in [7, 11) is 0. The standard InChI is InChI=1S/C23H22N4O5/c28-14-13-27(23(31)19-5-1-3-17-4-2-12-24-22(17)19)15-16-6-8-18(9-7-16)25-20(29)10-11-21(30)26-32/h1-12,28,32H,13-15H2,(H,25,29)(H,26,30). The molecule has 0 atom stereocenters. The van der Waals surface area contributed by atoms with E-state index < -0.39 is 11.8 Å². The number of para-hydroxylation sites is 1. The molecule has 9 heteroatoms. The highest BCUT2D eigenvalue weighted by atomic mass is 16.5. The highest BCUT2D eigenvalue weighted by molar-refractivity contribution is 6.05. The zero-order valence-corrected chi connectivity index (χ0v) is 17.1. The Balaban J connectivity index is 1.72. The first kappa shape index (κ1) is 22.6. The number of aromatic nitrogens is 1. The van der Waals surface area contributed by atoms with Crippen LogP contribution in [0.5, 0.6) is 0 Å². The fourth-order valence-electron chi connectivity index (χ4n) is 3.11. The van der Waals surface area contributed by atoms with E-state index in [4.69, 9.17) is 5.21 Å². The van der Waals surface area contributed by atoms with Crippen molar-refractivity contribution in [3.63, 3.8) is 0 Å². The van der Waals surface area contributed by atoms with Gasteiger partial charge in [0.15, 0.2) is 0 Å². The summed E-state index contributed by atoms with van der Waals surface area (Å²) in [4.78, 5) is 41.7. The third kappa shape index (κ3) is 5.75. The summed E-state index contributed by atoms with van der Waals surface area (Å²) >= 11 is 0. The number of hydrogen-bond acceptors (Lipinski definition) is 6. The van der Waals surface area contributed by atoms with Crippen LogP contribution in [-0.4, -0.2) is 51.1 Å². The Bertz CT molecular complexity index is 1140. The molecule has 0 spiro atoms. The topological polar surface area (TPSA) is 132 Å². The molecular weight excluding hydrogens is 412 g/mol. The lowest BCUT2D eigenvalue weighted by molar-refractivity contribution is -0.124. The smallest absolute Gasteiger partial charge is 0.267 e. The Labute approximate surface area is 184 Å². The summed E-state index contributed by atoms with van der Waals surface area (Å²) in [5, 5.41) is 21.3. The maximum Gasteiger partial charge on any atom is 0.267 e. The van der Waals surface area contributed by atoms with Crippen LogP contribution in [0.1, 0.15) is 15.9 Å². The molecule has 1 aromatic heterocycles. The average Bonchev–Trinajstić information content (AvgIpc) is 2.82. The third-order valence-corrected chi connectivity index (χ3v) is 4.61. The van der Waals surface area contributed by atoms with Crippen LogP contribution in [0.2, 0.25) is 0 Å². The number of pyridine rings is 1. The van der Waals surface area contributed by atoms with Crippen LogP contribution in [0, 0.1) is 0 Å². The Morgan fingerprint density at radius 2 is 1.69 bits per heavy atom. The van der Waals surface area contributed by atoms with Gasteiger partial charge in [0.05, 0.1) is 17.7 Å². The number of anilines is 1. The average molecular weight is 434 g/mol. The SMILES string of the molecule is O=C(C=CC(=O)Nc1ccc(CN(CCO)C(=O)c2cccc3cccnc23)cc1)NO. The maximum absolute atomic E-state index is 13.2. The zero-order chi connectivity index (χ0) is 22.9. The minimum Gasteiger partial charge on any atom is -0.395 e. The molecule has 0 saturated carbocycles. The van der Waals surface area contributed by atoms with Crippen LogP contribution in [0.4, 0.5) is 5.69 Å². The van der Waals surface area contributed by atoms with Gasteiger partial charge in [-0.15, -0.1) is 0 Å². The number of carbonyl (C=O) groups is 3. The molecule has 0 bridgehead atoms. The van der Waals surface area contributed by atoms with E-state index >= 15 is 0 Å². The van der Waals surface area contributed by atoms with Gasteiger partial charge in [-0.2, -0.15) is 0 Å². The number of aliphatic hydroxyl groups excluding tert-OH is 1. The van der Waals surface area contributed by atoms with E-state index in [1.807, 2.05) is 12.1 Å². The number of rotatable bonds is 8. The number of hydrogen-bond donors (Lipinski definition) is 4. The van der Waals surface area contributed by atoms with Gasteiger partial charge in [-0.1, -0.05) is 30.3 Å². The van der Waals surface area contributed by atoms with Gasteiger partial charge in [0, 0.05) is 42.5 Å². The number of hydroxylamine groups is 1. The molecule has 32 heavy (non-hydrogen) atoms. The van der Waals surface area contributed by atoms with Gasteiger partial charge in [0.25, 0.3) is 11.8 Å². The largest absolute Gasteiger partial charge is 0.395 e. The van der Waals surface area contributed by atoms with Crippen LogP contribution in [0.15, 0.2) is 72.9 Å². The van der Waals surface area contributed by atoms with Crippen LogP contribution in [0.3, 0.4) is 0 Å². The van der Waals surface area contributed by atoms with E-state index in [1.54, 1.807) is 48.7 Å². The molecule has 0 radical (unpaired) electrons. The molecule has 0 aliphatic heterocycles. The number of carbonyl (C=O) groups excluding carboxylic acids is 3. The van der Waals surface area contributed by atoms with Gasteiger partial charge in [-0.05, 0) is 29.8 Å². The molecule has 1 heterocycles. The van der Waals surface area contributed by atoms with Crippen LogP contribution < -0.4 is 10.8 Å². The molecule has 0 aliphatic carbocycles. The molecule has 0 aliphatic rings. The molecular formula is C23H22N4O5. The molecule has 0 unspecified atom stereocenters. The van der Waals surface area contributed by atoms with Gasteiger partial charge >= 0.3 is 0 Å². The number of amides is 3. The van der Waals surface area contributed by atoms with Crippen LogP contribution in [-0.2, 0) is 16.1 Å². The van der Waals surface area contributed by atoms with Crippen LogP contribution >= 0.6 is 0 Å². The van der Waals surface area contributed by atoms with Crippen molar-refractivity contribution in [3.8, 4) is 0 Å². The summed E-state index contributed by atoms with van der Waals surface area (Å²) in [5.41, 5.74) is 3.74. The van der Waals surface area contributed by atoms with Crippen molar-refractivity contribution < 1.29 is 24.7 Å². The quantitative estimate of drug-likeness (QED) is 0.243. The van der Waals surface area contributed by atoms with Crippen molar-refractivity contribution in [2.24, 2.45) is 0 Å². The lowest BCUT2D eigenvalue weighted by Crippen LogP contribution is -2.33. The van der Waals surface area contributed by atoms with Crippen molar-refractivity contribution in [3.05, 3.63) is 84.1 Å². The van der Waals surface area contributed by atoms with E-state index in [0.717, 1.165) is 23.1 Å². The molecule has 0 saturated heterocycles. The Kier molecular flexibility index (Phi) is 7.63. The first-order valence-electron chi connectivity index (χ1n) is 9.78. The second-order valence-electron chi connectivity index (χ2n) is 6.83. The van der Waals surface area contributed by atoms with Crippen molar-refractivity contribution >= 4 is 34.3 Å². The van der Waals surface area contributed by atoms with Crippen molar-refractivity contribution in [1.82, 2.24) is 15.4 Å². The molecule has 3 rings (SSSR count). The van der Waals surface area contributed by atoms with E-state index in [0.29, 0.717) is 16.8 Å². The molecule has 4 N–H and O–H groups in total. The summed E-state index contributed by atoms with van der Waals surface area (Å²) in [5.74, 6) is -1.60. The maximum atomic E-state index is 13.2. The van der Waals surface area contributed by atoms with Gasteiger partial charge in [-0.25, -0.2) is 5.48 Å². The minimum absolute atomic E-state index is 0.151. The highest BCUT2D eigenvalue weighted by Crippen LogP contribution is 2.19. The first-order valence-corrected chi connectivity index (χ1v) is 9.78. The number of nitrogens with zero attached hydrogens (tertiary/aromatic N) is 2. The van der Waals surface area contributed by atoms with Crippen molar-refractivity contribution in [1.29, 1.82) is 0 Å². The van der Waals surface area contributed by atoms with E-state index in [2.05, 4.69) is 10.3 Å². The summed E-state index contributed by atoms with van der Waals surface area (Å²) in [6.07, 6.45) is 3.51. The number of benzene rings is 2. The number of aliphatic hydroxyl groups is 1. The normalized spacial score (nSPS) is 10.8. The minimum atomic E-state index is -0.814. The molecule has 9 nitrogen and oxygen atoms in total. The predicted octanol–water partition coefficient (Wildman–Crippen LogP) is 1.87. The third-order valence-electron chi connectivity index (χ3n) is 4.61. The highest BCUT2D eigenvalue weighted by Gasteiger charge is 2.18. The first-order chi connectivity index (χ1) is 15.5. The lowest BCUT2D eigenvalue weighted by Gasteiger charge is -2.22. The van der Waals surface area contributed by atoms with Gasteiger partial charge in [-0.3, -0.25) is 24.6 Å². The Hall–Kier alpha value is -4.08. The number of nitrogens with one attached hydrogen (secondary N) is 2. The van der Waals surface area contributed by atoms with Crippen molar-refractivity contribution in [2.75, 3.05) is 18.5 Å². The Morgan fingerprint density at radius 3 is 2.41 bits per heavy atom. The summed E-state index contributed by atoms with van der Waals surface area (Å²) < 4.78 is 0. The van der Waals surface area contributed by atoms with Crippen LogP contribution in [0.25, 0.3) is 10.9 Å². The fraction of sp³-hybridized carbons (Fsp3) is 0.130. The monoisotopic (exact) mass is 434 g/mol. The van der Waals surface area contributed by atoms with E-state index in [9.17, 15) is 19.5 Å². The second kappa shape index (κ2) is 10.8. The Morgan fingerprint density at radius 1 is 0.969 bits per heavy atom. The van der Waals surface area contributed by atoms with Gasteiger partial charge in [0.2, 0.25) is 5.91 Å². The second-order valence-corrected chi connectivity index (χ2v) is 6.83. The van der Waals surface area contributed by atoms with E-state index in [1.165, 1.54) is 10.4 Å². The molecule has 3 aromatic rings. The fourth-order valence-corrected chi connectivity index (χ4v) is 3.11. The predicted molar refractivity (Wildman–Crippen MR) is 118 cm³/mol. The van der Waals surface area contributed by atoms with Crippen molar-refractivity contribution in [2.45, 2.75) is 6.54 Å². The lowest BCUT2D eigenvalue weighted by atomic mass is 10.1. The molecule has 3 amide bonds. The van der Waals surface area contributed by atoms with Gasteiger partial charge in [0.1, 0.15) is 0 Å². The molecule has 164 valence electrons.